The van der Waals surface area contributed by atoms with E-state index in [2.05, 4.69) is 20.6 Å². The van der Waals surface area contributed by atoms with Gasteiger partial charge in [-0.05, 0) is 30.2 Å². The molecule has 1 atom stereocenters. The van der Waals surface area contributed by atoms with Gasteiger partial charge in [-0.15, -0.1) is 5.10 Å². The van der Waals surface area contributed by atoms with E-state index in [1.54, 1.807) is 17.9 Å². The standard InChI is InChI=1S/C23H22N6O3.CH4/c1-14-8-16-9-21-20(10-17(16)24-14)28(2)23(31)19(13-32-21)25-22(30)18-12-29(27-26-18)11-15-6-4-3-5-7-15;/h3-7,9-10,12,19H,8,11,13H2,1-2H3,(H,25,30);1H4/t19-;/m0./s1. The summed E-state index contributed by atoms with van der Waals surface area (Å²) in [5.41, 5.74) is 4.77. The molecule has 33 heavy (non-hydrogen) atoms. The Morgan fingerprint density at radius 1 is 1.24 bits per heavy atom. The molecule has 0 fully saturated rings. The number of aromatic nitrogens is 3. The van der Waals surface area contributed by atoms with Crippen LogP contribution in [0.4, 0.5) is 11.4 Å². The highest BCUT2D eigenvalue weighted by Crippen LogP contribution is 2.39. The number of likely N-dealkylation sites (N-methyl/N-ethyl adjacent to an activating group) is 1. The van der Waals surface area contributed by atoms with Gasteiger partial charge in [0.25, 0.3) is 11.8 Å². The number of anilines is 1. The van der Waals surface area contributed by atoms with Gasteiger partial charge in [-0.2, -0.15) is 0 Å². The number of rotatable bonds is 4. The fraction of sp³-hybridized carbons (Fsp3) is 0.292. The zero-order chi connectivity index (χ0) is 22.2. The molecule has 0 radical (unpaired) electrons. The highest BCUT2D eigenvalue weighted by molar-refractivity contribution is 6.03. The number of hydrogen-bond donors (Lipinski definition) is 1. The number of carbonyl (C=O) groups excluding carboxylic acids is 2. The molecule has 2 aromatic carbocycles. The van der Waals surface area contributed by atoms with Crippen LogP contribution in [0.1, 0.15) is 36.0 Å². The van der Waals surface area contributed by atoms with Crippen LogP contribution in [0.15, 0.2) is 53.7 Å². The lowest BCUT2D eigenvalue weighted by Crippen LogP contribution is -2.49. The minimum atomic E-state index is -0.848. The molecule has 0 spiro atoms. The lowest BCUT2D eigenvalue weighted by Gasteiger charge is -2.20. The van der Waals surface area contributed by atoms with E-state index in [9.17, 15) is 9.59 Å². The Morgan fingerprint density at radius 3 is 2.82 bits per heavy atom. The van der Waals surface area contributed by atoms with Crippen molar-refractivity contribution in [2.75, 3.05) is 18.6 Å². The van der Waals surface area contributed by atoms with Gasteiger partial charge < -0.3 is 15.0 Å². The minimum absolute atomic E-state index is 0. The van der Waals surface area contributed by atoms with Gasteiger partial charge in [0.2, 0.25) is 0 Å². The summed E-state index contributed by atoms with van der Waals surface area (Å²) in [5.74, 6) is -0.143. The van der Waals surface area contributed by atoms with Crippen molar-refractivity contribution in [2.24, 2.45) is 4.99 Å². The normalized spacial score (nSPS) is 16.7. The number of carbonyl (C=O) groups is 2. The van der Waals surface area contributed by atoms with Crippen molar-refractivity contribution in [1.82, 2.24) is 20.3 Å². The van der Waals surface area contributed by atoms with Crippen LogP contribution in [0.25, 0.3) is 0 Å². The second-order valence-corrected chi connectivity index (χ2v) is 7.99. The van der Waals surface area contributed by atoms with Crippen molar-refractivity contribution in [3.05, 3.63) is 65.5 Å². The van der Waals surface area contributed by atoms with E-state index < -0.39 is 11.9 Å². The van der Waals surface area contributed by atoms with Crippen LogP contribution >= 0.6 is 0 Å². The molecule has 1 N–H and O–H groups in total. The van der Waals surface area contributed by atoms with Crippen LogP contribution in [0.3, 0.4) is 0 Å². The van der Waals surface area contributed by atoms with E-state index in [0.29, 0.717) is 18.0 Å². The summed E-state index contributed by atoms with van der Waals surface area (Å²) in [4.78, 5) is 31.8. The monoisotopic (exact) mass is 446 g/mol. The molecule has 3 aromatic rings. The van der Waals surface area contributed by atoms with Gasteiger partial charge in [-0.1, -0.05) is 43.0 Å². The third-order valence-electron chi connectivity index (χ3n) is 5.58. The van der Waals surface area contributed by atoms with Gasteiger partial charge in [0.1, 0.15) is 18.4 Å². The number of amides is 2. The van der Waals surface area contributed by atoms with Crippen molar-refractivity contribution in [2.45, 2.75) is 33.4 Å². The molecule has 2 aliphatic rings. The molecule has 0 saturated heterocycles. The topological polar surface area (TPSA) is 102 Å². The van der Waals surface area contributed by atoms with Crippen LogP contribution in [0.5, 0.6) is 5.75 Å². The van der Waals surface area contributed by atoms with Gasteiger partial charge in [0, 0.05) is 19.2 Å². The van der Waals surface area contributed by atoms with Crippen LogP contribution in [0.2, 0.25) is 0 Å². The highest BCUT2D eigenvalue weighted by atomic mass is 16.5. The maximum atomic E-state index is 13.0. The third-order valence-corrected chi connectivity index (χ3v) is 5.58. The average Bonchev–Trinajstić information content (AvgIpc) is 3.38. The maximum absolute atomic E-state index is 13.0. The molecule has 2 aliphatic heterocycles. The van der Waals surface area contributed by atoms with Gasteiger partial charge >= 0.3 is 0 Å². The van der Waals surface area contributed by atoms with Crippen LogP contribution in [-0.4, -0.2) is 52.2 Å². The zero-order valence-electron chi connectivity index (χ0n) is 17.8. The molecule has 3 heterocycles. The number of aliphatic imine (C=N–C) groups is 1. The zero-order valence-corrected chi connectivity index (χ0v) is 17.8. The SMILES string of the molecule is C.CC1=Nc2cc3c(cc2C1)OC[C@H](NC(=O)c1cn(Cc2ccccc2)nn1)C(=O)N3C. The first-order valence-corrected chi connectivity index (χ1v) is 10.3. The molecule has 0 saturated carbocycles. The lowest BCUT2D eigenvalue weighted by atomic mass is 10.1. The second kappa shape index (κ2) is 8.85. The minimum Gasteiger partial charge on any atom is -0.489 e. The van der Waals surface area contributed by atoms with Crippen molar-refractivity contribution >= 4 is 28.9 Å². The van der Waals surface area contributed by atoms with E-state index in [1.807, 2.05) is 49.4 Å². The maximum Gasteiger partial charge on any atom is 0.274 e. The van der Waals surface area contributed by atoms with E-state index in [1.165, 1.54) is 4.90 Å². The first-order valence-electron chi connectivity index (χ1n) is 10.3. The van der Waals surface area contributed by atoms with Crippen LogP contribution < -0.4 is 15.0 Å². The predicted molar refractivity (Wildman–Crippen MR) is 125 cm³/mol. The van der Waals surface area contributed by atoms with Gasteiger partial charge in [0.15, 0.2) is 5.69 Å². The highest BCUT2D eigenvalue weighted by Gasteiger charge is 2.32. The van der Waals surface area contributed by atoms with Crippen molar-refractivity contribution in [3.63, 3.8) is 0 Å². The summed E-state index contributed by atoms with van der Waals surface area (Å²) in [6.07, 6.45) is 2.33. The van der Waals surface area contributed by atoms with Gasteiger partial charge in [-0.3, -0.25) is 14.6 Å². The summed E-state index contributed by atoms with van der Waals surface area (Å²) < 4.78 is 7.50. The molecule has 0 unspecified atom stereocenters. The van der Waals surface area contributed by atoms with Crippen molar-refractivity contribution < 1.29 is 14.3 Å². The van der Waals surface area contributed by atoms with E-state index >= 15 is 0 Å². The Bertz CT molecular complexity index is 1230. The molecule has 0 bridgehead atoms. The van der Waals surface area contributed by atoms with E-state index in [-0.39, 0.29) is 25.6 Å². The largest absolute Gasteiger partial charge is 0.489 e. The summed E-state index contributed by atoms with van der Waals surface area (Å²) in [6.45, 7) is 2.50. The molecule has 1 aromatic heterocycles. The molecular weight excluding hydrogens is 420 g/mol. The number of hydrogen-bond acceptors (Lipinski definition) is 6. The molecule has 9 heteroatoms. The number of nitrogens with one attached hydrogen (secondary N) is 1. The molecule has 0 aliphatic carbocycles. The Kier molecular flexibility index (Phi) is 5.95. The van der Waals surface area contributed by atoms with E-state index in [4.69, 9.17) is 4.74 Å². The predicted octanol–water partition coefficient (Wildman–Crippen LogP) is 2.76. The molecular formula is C24H26N6O3. The molecule has 5 rings (SSSR count). The number of ether oxygens (including phenoxy) is 1. The third kappa shape index (κ3) is 4.34. The van der Waals surface area contributed by atoms with Crippen LogP contribution in [-0.2, 0) is 17.8 Å². The summed E-state index contributed by atoms with van der Waals surface area (Å²) in [6, 6.07) is 12.7. The second-order valence-electron chi connectivity index (χ2n) is 7.99. The summed E-state index contributed by atoms with van der Waals surface area (Å²) in [7, 11) is 1.67. The Labute approximate surface area is 192 Å². The quantitative estimate of drug-likeness (QED) is 0.664. The first-order chi connectivity index (χ1) is 15.5. The molecule has 2 amide bonds. The average molecular weight is 447 g/mol. The van der Waals surface area contributed by atoms with E-state index in [0.717, 1.165) is 28.9 Å². The lowest BCUT2D eigenvalue weighted by molar-refractivity contribution is -0.120. The Hall–Kier alpha value is -4.01. The Morgan fingerprint density at radius 2 is 2.03 bits per heavy atom. The molecule has 170 valence electrons. The number of nitrogens with zero attached hydrogens (tertiary/aromatic N) is 5. The number of benzene rings is 2. The Balaban J connectivity index is 0.00000259. The summed E-state index contributed by atoms with van der Waals surface area (Å²) >= 11 is 0. The van der Waals surface area contributed by atoms with Gasteiger partial charge in [0.05, 0.1) is 24.1 Å². The first kappa shape index (κ1) is 22.2. The van der Waals surface area contributed by atoms with Crippen molar-refractivity contribution in [1.29, 1.82) is 0 Å². The van der Waals surface area contributed by atoms with Crippen molar-refractivity contribution in [3.8, 4) is 5.75 Å². The number of fused-ring (bicyclic) bond motifs is 2. The smallest absolute Gasteiger partial charge is 0.274 e. The van der Waals surface area contributed by atoms with Gasteiger partial charge in [-0.25, -0.2) is 4.68 Å². The molecule has 9 nitrogen and oxygen atoms in total. The van der Waals surface area contributed by atoms with Crippen LogP contribution in [0, 0.1) is 0 Å². The fourth-order valence-corrected chi connectivity index (χ4v) is 3.93. The fourth-order valence-electron chi connectivity index (χ4n) is 3.93. The summed E-state index contributed by atoms with van der Waals surface area (Å²) in [5, 5.41) is 10.7.